The van der Waals surface area contributed by atoms with E-state index in [-0.39, 0.29) is 16.3 Å². The molecule has 3 rings (SSSR count). The molecular formula is C24H30N2O6S. The summed E-state index contributed by atoms with van der Waals surface area (Å²) in [5, 5.41) is 2.60. The number of piperidine rings is 1. The molecule has 8 nitrogen and oxygen atoms in total. The molecular weight excluding hydrogens is 444 g/mol. The van der Waals surface area contributed by atoms with Crippen molar-refractivity contribution in [1.82, 2.24) is 4.31 Å². The van der Waals surface area contributed by atoms with Crippen molar-refractivity contribution < 1.29 is 27.5 Å². The number of methoxy groups -OCH3 is 1. The summed E-state index contributed by atoms with van der Waals surface area (Å²) in [6.07, 6.45) is 2.62. The number of nitrogens with one attached hydrogen (secondary N) is 1. The molecule has 33 heavy (non-hydrogen) atoms. The van der Waals surface area contributed by atoms with Crippen LogP contribution in [0.5, 0.6) is 5.75 Å². The van der Waals surface area contributed by atoms with Gasteiger partial charge >= 0.3 is 5.97 Å². The van der Waals surface area contributed by atoms with Crippen LogP contribution in [0, 0.1) is 20.8 Å². The van der Waals surface area contributed by atoms with Gasteiger partial charge in [0.2, 0.25) is 10.0 Å². The molecule has 2 aromatic carbocycles. The van der Waals surface area contributed by atoms with E-state index >= 15 is 0 Å². The van der Waals surface area contributed by atoms with Crippen molar-refractivity contribution >= 4 is 27.6 Å². The summed E-state index contributed by atoms with van der Waals surface area (Å²) in [4.78, 5) is 24.9. The van der Waals surface area contributed by atoms with Crippen molar-refractivity contribution in [2.45, 2.75) is 44.9 Å². The smallest absolute Gasteiger partial charge is 0.339 e. The van der Waals surface area contributed by atoms with Crippen molar-refractivity contribution in [3.63, 3.8) is 0 Å². The molecule has 2 aromatic rings. The van der Waals surface area contributed by atoms with E-state index in [1.54, 1.807) is 6.07 Å². The van der Waals surface area contributed by atoms with Crippen LogP contribution in [-0.2, 0) is 19.6 Å². The van der Waals surface area contributed by atoms with Crippen LogP contribution in [0.2, 0.25) is 0 Å². The fourth-order valence-corrected chi connectivity index (χ4v) is 5.80. The molecule has 1 amide bonds. The van der Waals surface area contributed by atoms with Gasteiger partial charge in [-0.3, -0.25) is 4.79 Å². The van der Waals surface area contributed by atoms with Gasteiger partial charge in [-0.15, -0.1) is 0 Å². The molecule has 0 bridgehead atoms. The molecule has 1 heterocycles. The van der Waals surface area contributed by atoms with Crippen molar-refractivity contribution in [2.75, 3.05) is 32.1 Å². The largest absolute Gasteiger partial charge is 0.495 e. The number of nitrogens with zero attached hydrogens (tertiary/aromatic N) is 1. The second-order valence-corrected chi connectivity index (χ2v) is 10.1. The summed E-state index contributed by atoms with van der Waals surface area (Å²) < 4.78 is 38.1. The van der Waals surface area contributed by atoms with E-state index in [1.165, 1.54) is 23.5 Å². The van der Waals surface area contributed by atoms with Crippen LogP contribution in [0.1, 0.15) is 46.3 Å². The van der Waals surface area contributed by atoms with E-state index < -0.39 is 28.5 Å². The minimum Gasteiger partial charge on any atom is -0.495 e. The Balaban J connectivity index is 1.71. The Labute approximate surface area is 194 Å². The quantitative estimate of drug-likeness (QED) is 0.616. The average Bonchev–Trinajstić information content (AvgIpc) is 2.77. The number of esters is 1. The van der Waals surface area contributed by atoms with Gasteiger partial charge in [-0.25, -0.2) is 13.2 Å². The number of sulfonamides is 1. The average molecular weight is 475 g/mol. The number of hydrogen-bond donors (Lipinski definition) is 1. The van der Waals surface area contributed by atoms with E-state index in [4.69, 9.17) is 9.47 Å². The molecule has 0 radical (unpaired) electrons. The SMILES string of the molecule is COc1ccc(NC(=O)COC(=O)c2c(C)cc(C)cc2C)cc1S(=O)(=O)N1CCCCC1. The zero-order valence-electron chi connectivity index (χ0n) is 19.4. The van der Waals surface area contributed by atoms with E-state index in [0.717, 1.165) is 36.0 Å². The van der Waals surface area contributed by atoms with Crippen molar-refractivity contribution in [3.05, 3.63) is 52.6 Å². The Hall–Kier alpha value is -2.91. The molecule has 0 spiro atoms. The lowest BCUT2D eigenvalue weighted by Crippen LogP contribution is -2.35. The van der Waals surface area contributed by atoms with E-state index in [0.29, 0.717) is 18.7 Å². The van der Waals surface area contributed by atoms with E-state index in [9.17, 15) is 18.0 Å². The maximum atomic E-state index is 13.1. The van der Waals surface area contributed by atoms with Crippen molar-refractivity contribution in [1.29, 1.82) is 0 Å². The molecule has 0 atom stereocenters. The highest BCUT2D eigenvalue weighted by atomic mass is 32.2. The molecule has 1 saturated heterocycles. The van der Waals surface area contributed by atoms with Crippen LogP contribution in [0.3, 0.4) is 0 Å². The third kappa shape index (κ3) is 5.72. The number of benzene rings is 2. The lowest BCUT2D eigenvalue weighted by atomic mass is 10.00. The van der Waals surface area contributed by atoms with Crippen LogP contribution in [0.25, 0.3) is 0 Å². The fraction of sp³-hybridized carbons (Fsp3) is 0.417. The van der Waals surface area contributed by atoms with Crippen LogP contribution < -0.4 is 10.1 Å². The number of carbonyl (C=O) groups excluding carboxylic acids is 2. The molecule has 178 valence electrons. The monoisotopic (exact) mass is 474 g/mol. The number of hydrogen-bond acceptors (Lipinski definition) is 6. The van der Waals surface area contributed by atoms with Gasteiger partial charge in [-0.1, -0.05) is 24.1 Å². The highest BCUT2D eigenvalue weighted by Gasteiger charge is 2.29. The molecule has 1 fully saturated rings. The fourth-order valence-electron chi connectivity index (χ4n) is 4.10. The van der Waals surface area contributed by atoms with Gasteiger partial charge in [0.05, 0.1) is 12.7 Å². The van der Waals surface area contributed by atoms with Crippen LogP contribution in [0.15, 0.2) is 35.2 Å². The number of amides is 1. The highest BCUT2D eigenvalue weighted by Crippen LogP contribution is 2.31. The first-order chi connectivity index (χ1) is 15.6. The Bertz CT molecular complexity index is 1130. The number of anilines is 1. The molecule has 1 aliphatic heterocycles. The summed E-state index contributed by atoms with van der Waals surface area (Å²) in [7, 11) is -2.37. The second-order valence-electron chi connectivity index (χ2n) is 8.23. The van der Waals surface area contributed by atoms with Gasteiger partial charge in [0.15, 0.2) is 6.61 Å². The minimum absolute atomic E-state index is 0.00685. The standard InChI is InChI=1S/C24H30N2O6S/c1-16-12-17(2)23(18(3)13-16)24(28)32-15-22(27)25-19-8-9-20(31-4)21(14-19)33(29,30)26-10-6-5-7-11-26/h8-9,12-14H,5-7,10-11,15H2,1-4H3,(H,25,27). The van der Waals surface area contributed by atoms with Gasteiger partial charge in [0, 0.05) is 18.8 Å². The molecule has 1 aliphatic rings. The zero-order valence-corrected chi connectivity index (χ0v) is 20.3. The number of rotatable bonds is 7. The Kier molecular flexibility index (Phi) is 7.76. The lowest BCUT2D eigenvalue weighted by molar-refractivity contribution is -0.119. The Morgan fingerprint density at radius 3 is 2.24 bits per heavy atom. The summed E-state index contributed by atoms with van der Waals surface area (Å²) in [6.45, 7) is 5.99. The summed E-state index contributed by atoms with van der Waals surface area (Å²) in [6, 6.07) is 8.17. The molecule has 0 aromatic heterocycles. The van der Waals surface area contributed by atoms with E-state index in [2.05, 4.69) is 5.32 Å². The first-order valence-corrected chi connectivity index (χ1v) is 12.3. The molecule has 9 heteroatoms. The van der Waals surface area contributed by atoms with E-state index in [1.807, 2.05) is 32.9 Å². The Morgan fingerprint density at radius 1 is 1.00 bits per heavy atom. The first kappa shape index (κ1) is 24.7. The van der Waals surface area contributed by atoms with Gasteiger partial charge in [-0.05, 0) is 62.9 Å². The molecule has 1 N–H and O–H groups in total. The number of carbonyl (C=O) groups is 2. The summed E-state index contributed by atoms with van der Waals surface area (Å²) in [5.41, 5.74) is 3.30. The van der Waals surface area contributed by atoms with Gasteiger partial charge in [0.25, 0.3) is 5.91 Å². The van der Waals surface area contributed by atoms with Crippen molar-refractivity contribution in [3.8, 4) is 5.75 Å². The molecule has 0 saturated carbocycles. The predicted molar refractivity (Wildman–Crippen MR) is 125 cm³/mol. The molecule has 0 aliphatic carbocycles. The van der Waals surface area contributed by atoms with Gasteiger partial charge < -0.3 is 14.8 Å². The lowest BCUT2D eigenvalue weighted by Gasteiger charge is -2.26. The Morgan fingerprint density at radius 2 is 1.64 bits per heavy atom. The van der Waals surface area contributed by atoms with Gasteiger partial charge in [-0.2, -0.15) is 4.31 Å². The third-order valence-corrected chi connectivity index (χ3v) is 7.52. The van der Waals surface area contributed by atoms with Crippen LogP contribution in [0.4, 0.5) is 5.69 Å². The normalized spacial score (nSPS) is 14.5. The van der Waals surface area contributed by atoms with Crippen molar-refractivity contribution in [2.24, 2.45) is 0 Å². The van der Waals surface area contributed by atoms with Crippen LogP contribution in [-0.4, -0.2) is 51.4 Å². The summed E-state index contributed by atoms with van der Waals surface area (Å²) in [5.74, 6) is -0.948. The maximum Gasteiger partial charge on any atom is 0.339 e. The predicted octanol–water partition coefficient (Wildman–Crippen LogP) is 3.59. The second kappa shape index (κ2) is 10.4. The van der Waals surface area contributed by atoms with Gasteiger partial charge in [0.1, 0.15) is 10.6 Å². The third-order valence-electron chi connectivity index (χ3n) is 5.60. The highest BCUT2D eigenvalue weighted by molar-refractivity contribution is 7.89. The minimum atomic E-state index is -3.77. The zero-order chi connectivity index (χ0) is 24.2. The first-order valence-electron chi connectivity index (χ1n) is 10.9. The van der Waals surface area contributed by atoms with Crippen LogP contribution >= 0.6 is 0 Å². The topological polar surface area (TPSA) is 102 Å². The maximum absolute atomic E-state index is 13.1. The number of aryl methyl sites for hydroxylation is 3. The number of ether oxygens (including phenoxy) is 2. The molecule has 0 unspecified atom stereocenters. The summed E-state index contributed by atoms with van der Waals surface area (Å²) >= 11 is 0.